The number of likely N-dealkylation sites (N-methyl/N-ethyl adjacent to an activating group) is 1. The number of pyridine rings is 1. The fourth-order valence-electron chi connectivity index (χ4n) is 5.02. The lowest BCUT2D eigenvalue weighted by Gasteiger charge is -2.33. The van der Waals surface area contributed by atoms with Crippen LogP contribution < -0.4 is 10.1 Å². The maximum atomic E-state index is 14.0. The number of piperazine rings is 1. The van der Waals surface area contributed by atoms with Gasteiger partial charge in [0.15, 0.2) is 11.5 Å². The molecule has 3 aromatic heterocycles. The van der Waals surface area contributed by atoms with Gasteiger partial charge in [-0.3, -0.25) is 19.4 Å². The molecule has 5 aromatic rings. The summed E-state index contributed by atoms with van der Waals surface area (Å²) in [4.78, 5) is 30.5. The second kappa shape index (κ2) is 12.0. The number of halogens is 3. The highest BCUT2D eigenvalue weighted by Gasteiger charge is 2.34. The Labute approximate surface area is 251 Å². The Hall–Kier alpha value is -4.88. The Morgan fingerprint density at radius 1 is 0.977 bits per heavy atom. The molecule has 44 heavy (non-hydrogen) atoms. The number of ether oxygens (including phenoxy) is 1. The average molecular weight is 603 g/mol. The molecule has 0 saturated carbocycles. The second-order valence-electron chi connectivity index (χ2n) is 10.6. The van der Waals surface area contributed by atoms with Crippen molar-refractivity contribution in [1.82, 2.24) is 34.5 Å². The van der Waals surface area contributed by atoms with E-state index in [2.05, 4.69) is 30.3 Å². The van der Waals surface area contributed by atoms with Crippen LogP contribution in [-0.4, -0.2) is 73.7 Å². The van der Waals surface area contributed by atoms with Crippen molar-refractivity contribution < 1.29 is 22.7 Å². The maximum Gasteiger partial charge on any atom is 0.416 e. The van der Waals surface area contributed by atoms with E-state index in [0.717, 1.165) is 24.7 Å². The van der Waals surface area contributed by atoms with Crippen LogP contribution >= 0.6 is 0 Å². The minimum Gasteiger partial charge on any atom is -0.438 e. The third kappa shape index (κ3) is 6.38. The van der Waals surface area contributed by atoms with Gasteiger partial charge in [-0.25, -0.2) is 4.98 Å². The van der Waals surface area contributed by atoms with E-state index in [0.29, 0.717) is 41.4 Å². The third-order valence-corrected chi connectivity index (χ3v) is 7.47. The highest BCUT2D eigenvalue weighted by atomic mass is 19.4. The maximum absolute atomic E-state index is 14.0. The highest BCUT2D eigenvalue weighted by Crippen LogP contribution is 2.34. The molecule has 1 amide bonds. The van der Waals surface area contributed by atoms with Gasteiger partial charge in [0.1, 0.15) is 11.1 Å². The molecule has 0 atom stereocenters. The van der Waals surface area contributed by atoms with Crippen molar-refractivity contribution >= 4 is 22.6 Å². The zero-order valence-corrected chi connectivity index (χ0v) is 24.0. The summed E-state index contributed by atoms with van der Waals surface area (Å²) >= 11 is 0. The molecule has 13 heteroatoms. The Balaban J connectivity index is 1.22. The number of fused-ring (bicyclic) bond motifs is 1. The van der Waals surface area contributed by atoms with Crippen LogP contribution in [0.5, 0.6) is 11.6 Å². The van der Waals surface area contributed by atoms with Gasteiger partial charge >= 0.3 is 6.18 Å². The van der Waals surface area contributed by atoms with Gasteiger partial charge in [-0.2, -0.15) is 23.3 Å². The van der Waals surface area contributed by atoms with Crippen LogP contribution in [0.25, 0.3) is 22.4 Å². The Bertz CT molecular complexity index is 1800. The lowest BCUT2D eigenvalue weighted by atomic mass is 10.0. The number of carbonyl (C=O) groups is 1. The van der Waals surface area contributed by atoms with Crippen molar-refractivity contribution in [3.05, 3.63) is 89.9 Å². The number of nitrogens with one attached hydrogen (secondary N) is 1. The fraction of sp³-hybridized carbons (Fsp3) is 0.258. The molecule has 6 rings (SSSR count). The molecule has 226 valence electrons. The normalized spacial score (nSPS) is 14.6. The van der Waals surface area contributed by atoms with E-state index in [1.54, 1.807) is 66.7 Å². The average Bonchev–Trinajstić information content (AvgIpc) is 3.39. The number of alkyl halides is 3. The smallest absolute Gasteiger partial charge is 0.416 e. The minimum absolute atomic E-state index is 0.0966. The van der Waals surface area contributed by atoms with Crippen molar-refractivity contribution in [2.24, 2.45) is 7.05 Å². The van der Waals surface area contributed by atoms with Crippen molar-refractivity contribution in [1.29, 1.82) is 0 Å². The van der Waals surface area contributed by atoms with Crippen LogP contribution in [0.1, 0.15) is 21.5 Å². The number of benzene rings is 2. The molecule has 1 aliphatic rings. The molecule has 0 bridgehead atoms. The van der Waals surface area contributed by atoms with Crippen LogP contribution in [-0.2, 0) is 19.8 Å². The quantitative estimate of drug-likeness (QED) is 0.270. The van der Waals surface area contributed by atoms with Crippen LogP contribution in [0.2, 0.25) is 0 Å². The first-order valence-corrected chi connectivity index (χ1v) is 13.9. The Morgan fingerprint density at radius 2 is 1.75 bits per heavy atom. The van der Waals surface area contributed by atoms with E-state index >= 15 is 0 Å². The number of aryl methyl sites for hydroxylation is 1. The van der Waals surface area contributed by atoms with Crippen LogP contribution in [0.15, 0.2) is 73.2 Å². The van der Waals surface area contributed by atoms with Crippen molar-refractivity contribution in [3.63, 3.8) is 0 Å². The molecule has 2 aromatic carbocycles. The molecule has 0 aliphatic carbocycles. The summed E-state index contributed by atoms with van der Waals surface area (Å²) in [5, 5.41) is 7.54. The molecular weight excluding hydrogens is 573 g/mol. The van der Waals surface area contributed by atoms with E-state index in [-0.39, 0.29) is 23.6 Å². The summed E-state index contributed by atoms with van der Waals surface area (Å²) in [5.74, 6) is 0.352. The van der Waals surface area contributed by atoms with E-state index in [4.69, 9.17) is 4.74 Å². The number of hydrogen-bond acceptors (Lipinski definition) is 8. The third-order valence-electron chi connectivity index (χ3n) is 7.47. The first kappa shape index (κ1) is 29.2. The van der Waals surface area contributed by atoms with E-state index < -0.39 is 17.6 Å². The predicted octanol–water partition coefficient (Wildman–Crippen LogP) is 5.24. The SMILES string of the molecule is CN1CCN(Cc2ccc(C(=O)Nc3cccc(Oc4nc(-c5ccncc5)nc5c4cnn5C)c3)cc2C(F)(F)F)CC1. The van der Waals surface area contributed by atoms with Gasteiger partial charge in [0.05, 0.1) is 11.8 Å². The zero-order chi connectivity index (χ0) is 30.8. The van der Waals surface area contributed by atoms with Gasteiger partial charge < -0.3 is 15.0 Å². The molecule has 1 N–H and O–H groups in total. The van der Waals surface area contributed by atoms with Gasteiger partial charge in [0.25, 0.3) is 5.91 Å². The molecule has 0 unspecified atom stereocenters. The van der Waals surface area contributed by atoms with Gasteiger partial charge in [-0.1, -0.05) is 12.1 Å². The van der Waals surface area contributed by atoms with Crippen molar-refractivity contribution in [2.75, 3.05) is 38.5 Å². The molecule has 0 spiro atoms. The van der Waals surface area contributed by atoms with Gasteiger partial charge in [-0.15, -0.1) is 0 Å². The summed E-state index contributed by atoms with van der Waals surface area (Å²) in [6, 6.07) is 13.8. The number of rotatable bonds is 7. The minimum atomic E-state index is -4.60. The summed E-state index contributed by atoms with van der Waals surface area (Å²) in [6.45, 7) is 3.11. The number of aromatic nitrogens is 5. The van der Waals surface area contributed by atoms with E-state index in [9.17, 15) is 18.0 Å². The largest absolute Gasteiger partial charge is 0.438 e. The number of nitrogens with zero attached hydrogens (tertiary/aromatic N) is 7. The number of hydrogen-bond donors (Lipinski definition) is 1. The van der Waals surface area contributed by atoms with Crippen LogP contribution in [0.4, 0.5) is 18.9 Å². The predicted molar refractivity (Wildman–Crippen MR) is 158 cm³/mol. The van der Waals surface area contributed by atoms with E-state index in [1.165, 1.54) is 12.1 Å². The topological polar surface area (TPSA) is 101 Å². The Kier molecular flexibility index (Phi) is 7.97. The monoisotopic (exact) mass is 602 g/mol. The lowest BCUT2D eigenvalue weighted by Crippen LogP contribution is -2.44. The van der Waals surface area contributed by atoms with Gasteiger partial charge in [-0.05, 0) is 49.0 Å². The molecule has 4 heterocycles. The standard InChI is InChI=1S/C31H29F3N8O2/c1-40-12-14-42(15-13-40)19-22-7-6-21(16-26(22)31(32,33)34)29(43)37-23-4-3-5-24(17-23)44-30-25-18-36-41(2)28(25)38-27(39-30)20-8-10-35-11-9-20/h3-11,16-18H,12-15,19H2,1-2H3,(H,37,43). The number of amides is 1. The summed E-state index contributed by atoms with van der Waals surface area (Å²) in [6.07, 6.45) is 0.268. The molecule has 1 aliphatic heterocycles. The molecule has 0 radical (unpaired) electrons. The molecular formula is C31H29F3N8O2. The summed E-state index contributed by atoms with van der Waals surface area (Å²) < 4.78 is 49.9. The first-order chi connectivity index (χ1) is 21.1. The number of anilines is 1. The van der Waals surface area contributed by atoms with E-state index in [1.807, 2.05) is 11.9 Å². The zero-order valence-electron chi connectivity index (χ0n) is 24.0. The Morgan fingerprint density at radius 3 is 2.50 bits per heavy atom. The molecule has 10 nitrogen and oxygen atoms in total. The van der Waals surface area contributed by atoms with Crippen LogP contribution in [0, 0.1) is 0 Å². The number of carbonyl (C=O) groups excluding carboxylic acids is 1. The fourth-order valence-corrected chi connectivity index (χ4v) is 5.02. The van der Waals surface area contributed by atoms with Gasteiger partial charge in [0.2, 0.25) is 5.88 Å². The summed E-state index contributed by atoms with van der Waals surface area (Å²) in [7, 11) is 3.75. The molecule has 1 saturated heterocycles. The first-order valence-electron chi connectivity index (χ1n) is 13.9. The van der Waals surface area contributed by atoms with Gasteiger partial charge in [0, 0.05) is 75.0 Å². The molecule has 1 fully saturated rings. The highest BCUT2D eigenvalue weighted by molar-refractivity contribution is 6.04. The van der Waals surface area contributed by atoms with Crippen molar-refractivity contribution in [2.45, 2.75) is 12.7 Å². The van der Waals surface area contributed by atoms with Crippen molar-refractivity contribution in [3.8, 4) is 23.0 Å². The van der Waals surface area contributed by atoms with Crippen LogP contribution in [0.3, 0.4) is 0 Å². The summed E-state index contributed by atoms with van der Waals surface area (Å²) in [5.41, 5.74) is 0.876. The lowest BCUT2D eigenvalue weighted by molar-refractivity contribution is -0.138. The second-order valence-corrected chi connectivity index (χ2v) is 10.6.